The maximum Gasteiger partial charge on any atom is 0.230 e. The molecule has 6 nitrogen and oxygen atoms in total. The zero-order valence-corrected chi connectivity index (χ0v) is 18.7. The third-order valence-electron chi connectivity index (χ3n) is 4.64. The van der Waals surface area contributed by atoms with Crippen LogP contribution in [-0.2, 0) is 4.79 Å². The van der Waals surface area contributed by atoms with E-state index in [0.29, 0.717) is 16.9 Å². The number of benzene rings is 1. The zero-order valence-electron chi connectivity index (χ0n) is 16.4. The van der Waals surface area contributed by atoms with Crippen LogP contribution in [0, 0.1) is 0 Å². The summed E-state index contributed by atoms with van der Waals surface area (Å²) in [5.74, 6) is 1.06. The topological polar surface area (TPSA) is 61.4 Å². The normalized spacial score (nSPS) is 14.2. The summed E-state index contributed by atoms with van der Waals surface area (Å²) in [7, 11) is 0. The van der Waals surface area contributed by atoms with Crippen molar-refractivity contribution in [2.75, 3.05) is 48.3 Å². The summed E-state index contributed by atoms with van der Waals surface area (Å²) in [4.78, 5) is 25.2. The molecule has 0 aliphatic carbocycles. The highest BCUT2D eigenvalue weighted by Gasteiger charge is 2.21. The van der Waals surface area contributed by atoms with Crippen molar-refractivity contribution < 1.29 is 4.79 Å². The van der Waals surface area contributed by atoms with Gasteiger partial charge in [-0.1, -0.05) is 60.4 Å². The SMILES string of the molecule is CCCCNC(=O)CSc1nc(Cl)cc(N2CCN(c3ccccc3Cl)CC2)n1. The Morgan fingerprint density at radius 3 is 2.59 bits per heavy atom. The van der Waals surface area contributed by atoms with Gasteiger partial charge in [-0.05, 0) is 18.6 Å². The molecule has 2 aromatic rings. The Morgan fingerprint density at radius 1 is 1.14 bits per heavy atom. The Morgan fingerprint density at radius 2 is 1.86 bits per heavy atom. The summed E-state index contributed by atoms with van der Waals surface area (Å²) >= 11 is 13.8. The van der Waals surface area contributed by atoms with Crippen molar-refractivity contribution >= 4 is 52.4 Å². The molecule has 1 aliphatic heterocycles. The minimum atomic E-state index is -0.0121. The van der Waals surface area contributed by atoms with Crippen molar-refractivity contribution in [2.24, 2.45) is 0 Å². The van der Waals surface area contributed by atoms with Crippen LogP contribution in [0.5, 0.6) is 0 Å². The molecule has 3 rings (SSSR count). The van der Waals surface area contributed by atoms with Gasteiger partial charge >= 0.3 is 0 Å². The Bertz CT molecular complexity index is 830. The standard InChI is InChI=1S/C20H25Cl2N5OS/c1-2-3-8-23-19(28)14-29-20-24-17(22)13-18(25-20)27-11-9-26(10-12-27)16-7-5-4-6-15(16)21/h4-7,13H,2-3,8-12,14H2,1H3,(H,23,28). The number of para-hydroxylation sites is 1. The van der Waals surface area contributed by atoms with Gasteiger partial charge in [0.15, 0.2) is 5.16 Å². The van der Waals surface area contributed by atoms with Gasteiger partial charge in [-0.25, -0.2) is 9.97 Å². The molecule has 1 fully saturated rings. The summed E-state index contributed by atoms with van der Waals surface area (Å²) in [6.07, 6.45) is 2.03. The Hall–Kier alpha value is -1.70. The second-order valence-electron chi connectivity index (χ2n) is 6.75. The van der Waals surface area contributed by atoms with Crippen molar-refractivity contribution in [1.29, 1.82) is 0 Å². The van der Waals surface area contributed by atoms with Gasteiger partial charge in [-0.3, -0.25) is 4.79 Å². The third-order valence-corrected chi connectivity index (χ3v) is 6.00. The number of aromatic nitrogens is 2. The number of unbranched alkanes of at least 4 members (excludes halogenated alkanes) is 1. The van der Waals surface area contributed by atoms with E-state index in [9.17, 15) is 4.79 Å². The number of carbonyl (C=O) groups excluding carboxylic acids is 1. The van der Waals surface area contributed by atoms with E-state index in [4.69, 9.17) is 23.2 Å². The molecule has 0 bridgehead atoms. The van der Waals surface area contributed by atoms with Crippen LogP contribution in [0.3, 0.4) is 0 Å². The average Bonchev–Trinajstić information content (AvgIpc) is 2.73. The number of piperazine rings is 1. The largest absolute Gasteiger partial charge is 0.367 e. The molecule has 0 spiro atoms. The molecule has 1 aromatic heterocycles. The molecule has 156 valence electrons. The molecule has 29 heavy (non-hydrogen) atoms. The number of rotatable bonds is 8. The highest BCUT2D eigenvalue weighted by atomic mass is 35.5. The van der Waals surface area contributed by atoms with E-state index in [1.807, 2.05) is 24.3 Å². The molecule has 1 aliphatic rings. The van der Waals surface area contributed by atoms with Crippen molar-refractivity contribution in [3.05, 3.63) is 40.5 Å². The van der Waals surface area contributed by atoms with Crippen LogP contribution in [0.4, 0.5) is 11.5 Å². The van der Waals surface area contributed by atoms with Crippen molar-refractivity contribution in [1.82, 2.24) is 15.3 Å². The van der Waals surface area contributed by atoms with E-state index >= 15 is 0 Å². The van der Waals surface area contributed by atoms with Gasteiger partial charge in [-0.2, -0.15) is 0 Å². The molecule has 0 saturated carbocycles. The Labute approximate surface area is 186 Å². The van der Waals surface area contributed by atoms with Crippen LogP contribution in [0.2, 0.25) is 10.2 Å². The van der Waals surface area contributed by atoms with Gasteiger partial charge < -0.3 is 15.1 Å². The molecular weight excluding hydrogens is 429 g/mol. The van der Waals surface area contributed by atoms with Crippen LogP contribution in [0.25, 0.3) is 0 Å². The molecule has 1 N–H and O–H groups in total. The third kappa shape index (κ3) is 6.39. The lowest BCUT2D eigenvalue weighted by atomic mass is 10.2. The predicted octanol–water partition coefficient (Wildman–Crippen LogP) is 4.12. The minimum absolute atomic E-state index is 0.0121. The van der Waals surface area contributed by atoms with Crippen LogP contribution >= 0.6 is 35.0 Å². The van der Waals surface area contributed by atoms with E-state index in [1.165, 1.54) is 11.8 Å². The lowest BCUT2D eigenvalue weighted by Crippen LogP contribution is -2.47. The lowest BCUT2D eigenvalue weighted by molar-refractivity contribution is -0.118. The van der Waals surface area contributed by atoms with E-state index in [-0.39, 0.29) is 11.7 Å². The number of hydrogen-bond acceptors (Lipinski definition) is 6. The summed E-state index contributed by atoms with van der Waals surface area (Å²) in [6.45, 7) is 6.09. The first kappa shape index (κ1) is 22.0. The van der Waals surface area contributed by atoms with Gasteiger partial charge in [0.1, 0.15) is 11.0 Å². The monoisotopic (exact) mass is 453 g/mol. The molecule has 1 saturated heterocycles. The number of thioether (sulfide) groups is 1. The molecule has 1 aromatic carbocycles. The van der Waals surface area contributed by atoms with Gasteiger partial charge in [0.05, 0.1) is 16.5 Å². The number of amides is 1. The van der Waals surface area contributed by atoms with Gasteiger partial charge in [0.25, 0.3) is 0 Å². The smallest absolute Gasteiger partial charge is 0.230 e. The second-order valence-corrected chi connectivity index (χ2v) is 8.49. The fraction of sp³-hybridized carbons (Fsp3) is 0.450. The first-order valence-corrected chi connectivity index (χ1v) is 11.5. The molecule has 0 radical (unpaired) electrons. The van der Waals surface area contributed by atoms with Crippen LogP contribution in [0.1, 0.15) is 19.8 Å². The van der Waals surface area contributed by atoms with E-state index in [0.717, 1.165) is 55.5 Å². The fourth-order valence-electron chi connectivity index (χ4n) is 3.08. The first-order chi connectivity index (χ1) is 14.1. The van der Waals surface area contributed by atoms with Crippen molar-refractivity contribution in [3.63, 3.8) is 0 Å². The summed E-state index contributed by atoms with van der Waals surface area (Å²) in [6, 6.07) is 9.67. The summed E-state index contributed by atoms with van der Waals surface area (Å²) in [5, 5.41) is 4.57. The highest BCUT2D eigenvalue weighted by Crippen LogP contribution is 2.28. The Balaban J connectivity index is 1.57. The van der Waals surface area contributed by atoms with Crippen molar-refractivity contribution in [2.45, 2.75) is 24.9 Å². The highest BCUT2D eigenvalue weighted by molar-refractivity contribution is 7.99. The van der Waals surface area contributed by atoms with E-state index in [1.54, 1.807) is 6.07 Å². The predicted molar refractivity (Wildman–Crippen MR) is 122 cm³/mol. The van der Waals surface area contributed by atoms with Crippen LogP contribution < -0.4 is 15.1 Å². The number of hydrogen-bond donors (Lipinski definition) is 1. The van der Waals surface area contributed by atoms with E-state index in [2.05, 4.69) is 32.0 Å². The number of carbonyl (C=O) groups is 1. The van der Waals surface area contributed by atoms with E-state index < -0.39 is 0 Å². The quantitative estimate of drug-likeness (QED) is 0.280. The van der Waals surface area contributed by atoms with Gasteiger partial charge in [0, 0.05) is 38.8 Å². The fourth-order valence-corrected chi connectivity index (χ4v) is 4.25. The maximum absolute atomic E-state index is 11.9. The number of anilines is 2. The average molecular weight is 454 g/mol. The van der Waals surface area contributed by atoms with Crippen LogP contribution in [0.15, 0.2) is 35.5 Å². The van der Waals surface area contributed by atoms with Crippen LogP contribution in [-0.4, -0.2) is 54.4 Å². The first-order valence-electron chi connectivity index (χ1n) is 9.75. The lowest BCUT2D eigenvalue weighted by Gasteiger charge is -2.37. The number of halogens is 2. The Kier molecular flexibility index (Phi) is 8.27. The second kappa shape index (κ2) is 10.9. The number of nitrogens with zero attached hydrogens (tertiary/aromatic N) is 4. The molecule has 0 atom stereocenters. The minimum Gasteiger partial charge on any atom is -0.367 e. The van der Waals surface area contributed by atoms with Gasteiger partial charge in [0.2, 0.25) is 5.91 Å². The summed E-state index contributed by atoms with van der Waals surface area (Å²) < 4.78 is 0. The molecule has 0 unspecified atom stereocenters. The molecular formula is C20H25Cl2N5OS. The van der Waals surface area contributed by atoms with Crippen molar-refractivity contribution in [3.8, 4) is 0 Å². The van der Waals surface area contributed by atoms with Gasteiger partial charge in [-0.15, -0.1) is 0 Å². The zero-order chi connectivity index (χ0) is 20.6. The maximum atomic E-state index is 11.9. The molecule has 9 heteroatoms. The molecule has 2 heterocycles. The number of nitrogens with one attached hydrogen (secondary N) is 1. The molecule has 1 amide bonds. The summed E-state index contributed by atoms with van der Waals surface area (Å²) in [5.41, 5.74) is 1.06.